The highest BCUT2D eigenvalue weighted by atomic mass is 15.1. The van der Waals surface area contributed by atoms with Crippen LogP contribution in [0.15, 0.2) is 200 Å². The maximum absolute atomic E-state index is 2.49. The van der Waals surface area contributed by atoms with E-state index in [1.807, 2.05) is 0 Å². The molecule has 0 aromatic heterocycles. The van der Waals surface area contributed by atoms with Gasteiger partial charge in [-0.3, -0.25) is 0 Å². The summed E-state index contributed by atoms with van der Waals surface area (Å²) < 4.78 is 0. The molecule has 0 saturated heterocycles. The monoisotopic (exact) mass is 817 g/mol. The second-order valence-corrected chi connectivity index (χ2v) is 19.3. The Morgan fingerprint density at radius 1 is 0.312 bits per heavy atom. The summed E-state index contributed by atoms with van der Waals surface area (Å²) in [6.45, 7) is 9.64. The molecule has 64 heavy (non-hydrogen) atoms. The fourth-order valence-electron chi connectivity index (χ4n) is 12.4. The lowest BCUT2D eigenvalue weighted by Gasteiger charge is -2.32. The zero-order valence-electron chi connectivity index (χ0n) is 36.7. The number of nitrogens with zero attached hydrogens (tertiary/aromatic N) is 1. The first-order valence-corrected chi connectivity index (χ1v) is 22.8. The maximum Gasteiger partial charge on any atom is 0.0726 e. The van der Waals surface area contributed by atoms with Gasteiger partial charge in [-0.05, 0) is 142 Å². The van der Waals surface area contributed by atoms with Gasteiger partial charge in [-0.15, -0.1) is 0 Å². The largest absolute Gasteiger partial charge is 0.310 e. The van der Waals surface area contributed by atoms with Crippen molar-refractivity contribution in [3.63, 3.8) is 0 Å². The summed E-state index contributed by atoms with van der Waals surface area (Å²) in [4.78, 5) is 2.42. The number of rotatable bonds is 5. The van der Waals surface area contributed by atoms with Gasteiger partial charge in [0.05, 0.1) is 5.41 Å². The Morgan fingerprint density at radius 2 is 0.766 bits per heavy atom. The summed E-state index contributed by atoms with van der Waals surface area (Å²) in [5.41, 5.74) is 24.5. The van der Waals surface area contributed by atoms with E-state index < -0.39 is 5.41 Å². The molecular formula is C63H47N. The number of hydrogen-bond acceptors (Lipinski definition) is 1. The Labute approximate surface area is 376 Å². The van der Waals surface area contributed by atoms with Crippen molar-refractivity contribution >= 4 is 51.1 Å². The lowest BCUT2D eigenvalue weighted by atomic mass is 9.70. The molecule has 0 amide bonds. The maximum atomic E-state index is 2.49. The number of anilines is 3. The third-order valence-corrected chi connectivity index (χ3v) is 15.2. The molecule has 0 fully saturated rings. The lowest BCUT2D eigenvalue weighted by Crippen LogP contribution is -2.26. The first-order chi connectivity index (χ1) is 31.2. The average molecular weight is 818 g/mol. The lowest BCUT2D eigenvalue weighted by molar-refractivity contribution is 0.694. The van der Waals surface area contributed by atoms with Crippen molar-refractivity contribution in [3.05, 3.63) is 256 Å². The highest BCUT2D eigenvalue weighted by Crippen LogP contribution is 2.65. The van der Waals surface area contributed by atoms with E-state index in [0.29, 0.717) is 0 Å². The average Bonchev–Trinajstić information content (AvgIpc) is 3.97. The van der Waals surface area contributed by atoms with Crippen LogP contribution in [0.5, 0.6) is 0 Å². The molecule has 1 nitrogen and oxygen atoms in total. The minimum Gasteiger partial charge on any atom is -0.310 e. The normalized spacial score (nSPS) is 16.1. The molecule has 304 valence electrons. The molecule has 9 aromatic rings. The number of para-hydroxylation sites is 1. The number of fused-ring (bicyclic) bond motifs is 15. The van der Waals surface area contributed by atoms with Crippen molar-refractivity contribution in [2.24, 2.45) is 0 Å². The fourth-order valence-corrected chi connectivity index (χ4v) is 12.4. The van der Waals surface area contributed by atoms with Crippen LogP contribution in [-0.4, -0.2) is 0 Å². The fraction of sp³-hybridized carbons (Fsp3) is 0.111. The quantitative estimate of drug-likeness (QED) is 0.156. The predicted octanol–water partition coefficient (Wildman–Crippen LogP) is 16.3. The summed E-state index contributed by atoms with van der Waals surface area (Å²) >= 11 is 0. The molecule has 0 radical (unpaired) electrons. The van der Waals surface area contributed by atoms with Crippen molar-refractivity contribution in [1.29, 1.82) is 0 Å². The van der Waals surface area contributed by atoms with E-state index in [0.717, 1.165) is 17.1 Å². The molecule has 0 saturated carbocycles. The number of hydrogen-bond donors (Lipinski definition) is 0. The van der Waals surface area contributed by atoms with Crippen molar-refractivity contribution in [2.45, 2.75) is 43.9 Å². The van der Waals surface area contributed by atoms with Crippen LogP contribution >= 0.6 is 0 Å². The van der Waals surface area contributed by atoms with Gasteiger partial charge in [-0.2, -0.15) is 0 Å². The first kappa shape index (κ1) is 37.1. The SMILES string of the molecule is CC1(C)C2=C(c3ccccc31)C(C)(C)c1cc(/C=C/c3ccc4c(c3)C3(c5ccccc5-c5ccccc53)c3cc(N(c5ccccc5)c5ccc6ccccc6c5)ccc3-4)ccc12. The van der Waals surface area contributed by atoms with Crippen LogP contribution in [0.3, 0.4) is 0 Å². The van der Waals surface area contributed by atoms with Gasteiger partial charge in [0.1, 0.15) is 0 Å². The summed E-state index contributed by atoms with van der Waals surface area (Å²) in [6.07, 6.45) is 4.65. The Hall–Kier alpha value is -7.48. The third-order valence-electron chi connectivity index (χ3n) is 15.2. The summed E-state index contributed by atoms with van der Waals surface area (Å²) in [7, 11) is 0. The smallest absolute Gasteiger partial charge is 0.0726 e. The summed E-state index contributed by atoms with van der Waals surface area (Å²) in [5.74, 6) is 0. The van der Waals surface area contributed by atoms with E-state index in [4.69, 9.17) is 0 Å². The Morgan fingerprint density at radius 3 is 1.45 bits per heavy atom. The van der Waals surface area contributed by atoms with Crippen molar-refractivity contribution < 1.29 is 0 Å². The molecule has 4 aliphatic rings. The van der Waals surface area contributed by atoms with Gasteiger partial charge in [-0.1, -0.05) is 198 Å². The molecule has 0 bridgehead atoms. The van der Waals surface area contributed by atoms with E-state index >= 15 is 0 Å². The highest BCUT2D eigenvalue weighted by molar-refractivity contribution is 6.09. The molecule has 0 atom stereocenters. The van der Waals surface area contributed by atoms with E-state index in [9.17, 15) is 0 Å². The number of benzene rings is 9. The van der Waals surface area contributed by atoms with Crippen LogP contribution < -0.4 is 4.90 Å². The molecule has 9 aromatic carbocycles. The van der Waals surface area contributed by atoms with Crippen LogP contribution in [0, 0.1) is 0 Å². The third kappa shape index (κ3) is 4.96. The van der Waals surface area contributed by atoms with Crippen molar-refractivity contribution in [2.75, 3.05) is 4.90 Å². The molecule has 1 heteroatoms. The Balaban J connectivity index is 0.954. The molecule has 0 N–H and O–H groups in total. The van der Waals surface area contributed by atoms with Gasteiger partial charge in [-0.25, -0.2) is 0 Å². The standard InChI is InChI=1S/C63H47N/c1-61(2)53-23-13-12-22-51(53)59-60(61)52-34-29-40(36-56(52)62(59,3)4)26-27-41-28-33-49-50-35-32-46(64(44-18-6-5-7-19-44)45-31-30-42-16-8-9-17-43(42)38-45)39-58(50)63(57(49)37-41)54-24-14-10-20-47(54)48-21-11-15-25-55(48)63/h5-39H,1-4H3/b27-26+. The van der Waals surface area contributed by atoms with E-state index in [-0.39, 0.29) is 10.8 Å². The van der Waals surface area contributed by atoms with E-state index in [2.05, 4.69) is 245 Å². The Bertz CT molecular complexity index is 3460. The molecule has 13 rings (SSSR count). The first-order valence-electron chi connectivity index (χ1n) is 22.8. The van der Waals surface area contributed by atoms with Crippen LogP contribution in [0.4, 0.5) is 17.1 Å². The second-order valence-electron chi connectivity index (χ2n) is 19.3. The summed E-state index contributed by atoms with van der Waals surface area (Å²) in [5, 5.41) is 2.46. The number of allylic oxidation sites excluding steroid dienone is 2. The minimum atomic E-state index is -0.490. The van der Waals surface area contributed by atoms with Gasteiger partial charge in [0.25, 0.3) is 0 Å². The van der Waals surface area contributed by atoms with E-state index in [1.165, 1.54) is 99.8 Å². The van der Waals surface area contributed by atoms with Crippen molar-refractivity contribution in [1.82, 2.24) is 0 Å². The van der Waals surface area contributed by atoms with Crippen LogP contribution in [0.2, 0.25) is 0 Å². The zero-order valence-corrected chi connectivity index (χ0v) is 36.7. The molecular weight excluding hydrogens is 771 g/mol. The molecule has 4 aliphatic carbocycles. The summed E-state index contributed by atoms with van der Waals surface area (Å²) in [6, 6.07) is 75.1. The molecule has 0 unspecified atom stereocenters. The second kappa shape index (κ2) is 13.3. The minimum absolute atomic E-state index is 0.0295. The predicted molar refractivity (Wildman–Crippen MR) is 270 cm³/mol. The van der Waals surface area contributed by atoms with Gasteiger partial charge in [0.2, 0.25) is 0 Å². The zero-order chi connectivity index (χ0) is 43.0. The highest BCUT2D eigenvalue weighted by Gasteiger charge is 2.52. The van der Waals surface area contributed by atoms with Gasteiger partial charge >= 0.3 is 0 Å². The Kier molecular flexibility index (Phi) is 7.69. The molecule has 0 aliphatic heterocycles. The molecule has 1 spiro atoms. The van der Waals surface area contributed by atoms with Crippen LogP contribution in [0.25, 0.3) is 56.3 Å². The van der Waals surface area contributed by atoms with Gasteiger partial charge in [0, 0.05) is 27.9 Å². The van der Waals surface area contributed by atoms with Gasteiger partial charge < -0.3 is 4.90 Å². The van der Waals surface area contributed by atoms with Gasteiger partial charge in [0.15, 0.2) is 0 Å². The molecule has 0 heterocycles. The van der Waals surface area contributed by atoms with Crippen LogP contribution in [-0.2, 0) is 16.2 Å². The van der Waals surface area contributed by atoms with E-state index in [1.54, 1.807) is 0 Å². The topological polar surface area (TPSA) is 3.24 Å². The van der Waals surface area contributed by atoms with Crippen LogP contribution in [0.1, 0.15) is 83.3 Å². The van der Waals surface area contributed by atoms with Crippen molar-refractivity contribution in [3.8, 4) is 22.3 Å².